The van der Waals surface area contributed by atoms with Crippen molar-refractivity contribution in [2.45, 2.75) is 91.1 Å². The Labute approximate surface area is 210 Å². The first-order valence-electron chi connectivity index (χ1n) is 13.5. The van der Waals surface area contributed by atoms with E-state index in [0.717, 1.165) is 12.8 Å². The van der Waals surface area contributed by atoms with E-state index in [0.29, 0.717) is 18.3 Å². The van der Waals surface area contributed by atoms with E-state index >= 15 is 0 Å². The molecule has 0 aromatic heterocycles. The predicted octanol–water partition coefficient (Wildman–Crippen LogP) is 1.92. The van der Waals surface area contributed by atoms with E-state index in [4.69, 9.17) is 0 Å². The largest absolute Gasteiger partial charge is 0.396 e. The van der Waals surface area contributed by atoms with Crippen molar-refractivity contribution in [3.8, 4) is 0 Å². The van der Waals surface area contributed by atoms with Crippen LogP contribution in [0.3, 0.4) is 0 Å². The van der Waals surface area contributed by atoms with Gasteiger partial charge in [0, 0.05) is 18.4 Å². The highest BCUT2D eigenvalue weighted by molar-refractivity contribution is 5.89. The van der Waals surface area contributed by atoms with Crippen LogP contribution < -0.4 is 0 Å². The lowest BCUT2D eigenvalue weighted by Crippen LogP contribution is -2.67. The number of hydrogen-bond acceptors (Lipinski definition) is 7. The summed E-state index contributed by atoms with van der Waals surface area (Å²) in [7, 11) is 0. The van der Waals surface area contributed by atoms with Gasteiger partial charge in [0.15, 0.2) is 0 Å². The van der Waals surface area contributed by atoms with Gasteiger partial charge in [0.25, 0.3) is 0 Å². The summed E-state index contributed by atoms with van der Waals surface area (Å²) in [5, 5.41) is 62.8. The normalized spacial score (nSPS) is 46.2. The minimum absolute atomic E-state index is 0.00316. The number of ketones is 1. The summed E-state index contributed by atoms with van der Waals surface area (Å²) in [6, 6.07) is 0. The van der Waals surface area contributed by atoms with Crippen LogP contribution in [0.15, 0.2) is 12.2 Å². The fourth-order valence-corrected chi connectivity index (χ4v) is 7.87. The number of rotatable bonds is 8. The first-order chi connectivity index (χ1) is 16.4. The Hall–Kier alpha value is -0.830. The lowest BCUT2D eigenvalue weighted by atomic mass is 9.50. The molecular weight excluding hydrogens is 448 g/mol. The molecule has 3 aliphatic carbocycles. The standard InChI is InChI=1S/C28H48O7/c1-15(2)16(3)6-7-17(4)19-8-9-20(27(19,5)10-11-29)18-12-21(31)23-25(34)24(33)22(32)13-28(23,14-30)26(18)35/h6-7,15-25,29-34H,8-14H2,1-5H3/b7-6+/t16-,17-,18+,19-,20+,21-,22-,23+,24+,25+,27-,28-/m1/s1. The van der Waals surface area contributed by atoms with Crippen molar-refractivity contribution in [3.05, 3.63) is 12.2 Å². The molecule has 7 nitrogen and oxygen atoms in total. The number of carbonyl (C=O) groups is 1. The Morgan fingerprint density at radius 2 is 1.63 bits per heavy atom. The lowest BCUT2D eigenvalue weighted by molar-refractivity contribution is -0.216. The number of Topliss-reactive ketones (excluding diaryl/α,β-unsaturated/α-hetero) is 1. The maximum Gasteiger partial charge on any atom is 0.145 e. The van der Waals surface area contributed by atoms with Gasteiger partial charge in [-0.05, 0) is 67.1 Å². The Balaban J connectivity index is 1.93. The van der Waals surface area contributed by atoms with Gasteiger partial charge in [0.05, 0.1) is 30.3 Å². The van der Waals surface area contributed by atoms with Gasteiger partial charge < -0.3 is 30.6 Å². The zero-order chi connectivity index (χ0) is 26.3. The molecule has 7 heteroatoms. The molecule has 0 aliphatic heterocycles. The second-order valence-electron chi connectivity index (χ2n) is 12.5. The summed E-state index contributed by atoms with van der Waals surface area (Å²) in [6.07, 6.45) is 1.35. The van der Waals surface area contributed by atoms with Crippen LogP contribution in [0.2, 0.25) is 0 Å². The van der Waals surface area contributed by atoms with Gasteiger partial charge >= 0.3 is 0 Å². The summed E-state index contributed by atoms with van der Waals surface area (Å²) in [5.41, 5.74) is -1.83. The second-order valence-corrected chi connectivity index (χ2v) is 12.5. The van der Waals surface area contributed by atoms with Gasteiger partial charge in [-0.25, -0.2) is 0 Å². The Kier molecular flexibility index (Phi) is 8.93. The highest BCUT2D eigenvalue weighted by atomic mass is 16.4. The summed E-state index contributed by atoms with van der Waals surface area (Å²) in [6.45, 7) is 10.4. The molecular formula is C28H48O7. The van der Waals surface area contributed by atoms with Gasteiger partial charge in [0.1, 0.15) is 11.9 Å². The number of fused-ring (bicyclic) bond motifs is 1. The van der Waals surface area contributed by atoms with Crippen LogP contribution in [-0.4, -0.2) is 74.1 Å². The maximum absolute atomic E-state index is 14.1. The molecule has 202 valence electrons. The van der Waals surface area contributed by atoms with Crippen LogP contribution in [0.4, 0.5) is 0 Å². The Morgan fingerprint density at radius 3 is 2.20 bits per heavy atom. The van der Waals surface area contributed by atoms with Crippen molar-refractivity contribution in [3.63, 3.8) is 0 Å². The van der Waals surface area contributed by atoms with Crippen molar-refractivity contribution in [2.24, 2.45) is 52.3 Å². The molecule has 0 saturated heterocycles. The molecule has 3 fully saturated rings. The zero-order valence-electron chi connectivity index (χ0n) is 22.0. The van der Waals surface area contributed by atoms with E-state index in [-0.39, 0.29) is 48.4 Å². The van der Waals surface area contributed by atoms with Gasteiger partial charge in [-0.15, -0.1) is 0 Å². The fraction of sp³-hybridized carbons (Fsp3) is 0.893. The van der Waals surface area contributed by atoms with Gasteiger partial charge in [0.2, 0.25) is 0 Å². The van der Waals surface area contributed by atoms with Crippen molar-refractivity contribution in [2.75, 3.05) is 13.2 Å². The van der Waals surface area contributed by atoms with E-state index < -0.39 is 48.3 Å². The minimum atomic E-state index is -1.49. The molecule has 35 heavy (non-hydrogen) atoms. The van der Waals surface area contributed by atoms with Crippen LogP contribution in [0.5, 0.6) is 0 Å². The highest BCUT2D eigenvalue weighted by Gasteiger charge is 2.65. The molecule has 0 bridgehead atoms. The lowest BCUT2D eigenvalue weighted by Gasteiger charge is -2.56. The SMILES string of the molecule is CC(C)[C@H](C)/C=C/[C@@H](C)[C@H]1CC[C@@H]([C@@H]2C[C@@H](O)[C@H]3[C@H](O)[C@@H](O)[C@H](O)C[C@]3(CO)C2=O)[C@]1(C)CCO. The predicted molar refractivity (Wildman–Crippen MR) is 133 cm³/mol. The van der Waals surface area contributed by atoms with Crippen molar-refractivity contribution in [1.29, 1.82) is 0 Å². The molecule has 12 atom stereocenters. The molecule has 0 spiro atoms. The summed E-state index contributed by atoms with van der Waals surface area (Å²) in [5.74, 6) is -0.373. The third-order valence-electron chi connectivity index (χ3n) is 10.4. The number of aliphatic hydroxyl groups is 6. The molecule has 3 saturated carbocycles. The van der Waals surface area contributed by atoms with E-state index in [1.165, 1.54) is 0 Å². The summed E-state index contributed by atoms with van der Waals surface area (Å²) in [4.78, 5) is 14.1. The molecule has 0 amide bonds. The van der Waals surface area contributed by atoms with E-state index in [9.17, 15) is 35.4 Å². The second kappa shape index (κ2) is 10.9. The first-order valence-corrected chi connectivity index (χ1v) is 13.5. The van der Waals surface area contributed by atoms with Crippen LogP contribution in [-0.2, 0) is 4.79 Å². The van der Waals surface area contributed by atoms with Crippen molar-refractivity contribution in [1.82, 2.24) is 0 Å². The average molecular weight is 497 g/mol. The molecule has 6 N–H and O–H groups in total. The summed E-state index contributed by atoms with van der Waals surface area (Å²) < 4.78 is 0. The fourth-order valence-electron chi connectivity index (χ4n) is 7.87. The topological polar surface area (TPSA) is 138 Å². The highest BCUT2D eigenvalue weighted by Crippen LogP contribution is 2.60. The zero-order valence-corrected chi connectivity index (χ0v) is 22.0. The Bertz CT molecular complexity index is 768. The first kappa shape index (κ1) is 28.7. The molecule has 3 aliphatic rings. The van der Waals surface area contributed by atoms with Crippen molar-refractivity contribution >= 4 is 5.78 Å². The average Bonchev–Trinajstić information content (AvgIpc) is 3.14. The molecule has 0 heterocycles. The van der Waals surface area contributed by atoms with Gasteiger partial charge in [-0.1, -0.05) is 46.8 Å². The number of carbonyl (C=O) groups excluding carboxylic acids is 1. The van der Waals surface area contributed by atoms with Gasteiger partial charge in [-0.2, -0.15) is 0 Å². The van der Waals surface area contributed by atoms with Crippen LogP contribution in [0.25, 0.3) is 0 Å². The van der Waals surface area contributed by atoms with Gasteiger partial charge in [-0.3, -0.25) is 4.79 Å². The number of hydrogen-bond donors (Lipinski definition) is 6. The van der Waals surface area contributed by atoms with Crippen LogP contribution >= 0.6 is 0 Å². The number of allylic oxidation sites excluding steroid dienone is 2. The number of aliphatic hydroxyl groups excluding tert-OH is 6. The smallest absolute Gasteiger partial charge is 0.145 e. The molecule has 0 unspecified atom stereocenters. The Morgan fingerprint density at radius 1 is 0.971 bits per heavy atom. The van der Waals surface area contributed by atoms with Crippen LogP contribution in [0.1, 0.15) is 66.7 Å². The molecule has 0 aromatic carbocycles. The third kappa shape index (κ3) is 4.89. The monoisotopic (exact) mass is 496 g/mol. The van der Waals surface area contributed by atoms with Crippen molar-refractivity contribution < 1.29 is 35.4 Å². The van der Waals surface area contributed by atoms with E-state index in [2.05, 4.69) is 46.8 Å². The van der Waals surface area contributed by atoms with E-state index in [1.807, 2.05) is 0 Å². The maximum atomic E-state index is 14.1. The molecule has 0 radical (unpaired) electrons. The van der Waals surface area contributed by atoms with E-state index in [1.54, 1.807) is 0 Å². The quantitative estimate of drug-likeness (QED) is 0.282. The third-order valence-corrected chi connectivity index (χ3v) is 10.4. The summed E-state index contributed by atoms with van der Waals surface area (Å²) >= 11 is 0. The minimum Gasteiger partial charge on any atom is -0.396 e. The van der Waals surface area contributed by atoms with Crippen LogP contribution in [0, 0.1) is 52.3 Å². The molecule has 3 rings (SSSR count). The molecule has 0 aromatic rings.